The minimum Gasteiger partial charge on any atom is -0.508 e. The van der Waals surface area contributed by atoms with Crippen LogP contribution >= 0.6 is 0 Å². The molecule has 0 spiro atoms. The van der Waals surface area contributed by atoms with Crippen LogP contribution in [-0.4, -0.2) is 79.7 Å². The van der Waals surface area contributed by atoms with Crippen molar-refractivity contribution >= 4 is 34.9 Å². The number of carbonyl (C=O) groups is 3. The highest BCUT2D eigenvalue weighted by atomic mass is 19.1. The lowest BCUT2D eigenvalue weighted by Gasteiger charge is -2.53. The molecular formula is C28H24F2N2O8. The molecule has 3 aliphatic carbocycles. The van der Waals surface area contributed by atoms with Crippen LogP contribution in [0.15, 0.2) is 53.3 Å². The zero-order valence-electron chi connectivity index (χ0n) is 21.1. The number of aromatic hydroxyl groups is 1. The minimum atomic E-state index is -3.10. The lowest BCUT2D eigenvalue weighted by molar-refractivity contribution is -0.166. The Labute approximate surface area is 225 Å². The van der Waals surface area contributed by atoms with Gasteiger partial charge in [-0.2, -0.15) is 0 Å². The standard InChI is InChI=1S/C28H24F2N2O8/c1-32(2)21-20-23(35)17-13(8-10-6-7-11(29)9-14(10)30)12-4-3-5-15(33)16(12)22(34)18(17)25(37)28(20,40)26(38)19(24(21)36)27(31)39/h3-9,17,20-21,23,33-35,38,40H,1-2H3,(H2,31,39)/b13-8+/t17-,20-,21+,23+,28+/m0/s1. The van der Waals surface area contributed by atoms with Crippen LogP contribution in [0.2, 0.25) is 0 Å². The number of halogens is 2. The molecule has 5 rings (SSSR count). The van der Waals surface area contributed by atoms with Gasteiger partial charge in [0.05, 0.1) is 29.2 Å². The number of nitrogens with two attached hydrogens (primary N) is 1. The Hall–Kier alpha value is -4.39. The molecule has 0 unspecified atom stereocenters. The SMILES string of the molecule is CN(C)[C@H]1C(=O)C(C(N)=O)=C(O)[C@]2(O)C(=O)C3=C(O)c4c(O)cccc4/C(=C\c4ccc(F)cc4F)[C@@H]3[C@@H](O)[C@H]12. The van der Waals surface area contributed by atoms with E-state index in [2.05, 4.69) is 0 Å². The molecule has 0 heterocycles. The van der Waals surface area contributed by atoms with Crippen molar-refractivity contribution in [2.45, 2.75) is 17.7 Å². The van der Waals surface area contributed by atoms with Crippen molar-refractivity contribution in [3.63, 3.8) is 0 Å². The number of benzene rings is 2. The molecule has 0 aromatic heterocycles. The van der Waals surface area contributed by atoms with Gasteiger partial charge in [-0.3, -0.25) is 19.3 Å². The van der Waals surface area contributed by atoms with E-state index in [4.69, 9.17) is 5.73 Å². The number of aliphatic hydroxyl groups is 4. The van der Waals surface area contributed by atoms with Gasteiger partial charge < -0.3 is 31.3 Å². The van der Waals surface area contributed by atoms with Crippen LogP contribution in [0.3, 0.4) is 0 Å². The maximum Gasteiger partial charge on any atom is 0.255 e. The number of ketones is 2. The smallest absolute Gasteiger partial charge is 0.255 e. The molecule has 1 saturated carbocycles. The fraction of sp³-hybridized carbons (Fsp3) is 0.250. The zero-order valence-corrected chi connectivity index (χ0v) is 21.1. The van der Waals surface area contributed by atoms with E-state index in [0.717, 1.165) is 12.1 Å². The first-order valence-corrected chi connectivity index (χ1v) is 12.0. The molecule has 12 heteroatoms. The van der Waals surface area contributed by atoms with E-state index < -0.39 is 87.1 Å². The molecule has 2 aromatic rings. The fourth-order valence-electron chi connectivity index (χ4n) is 6.10. The number of phenolic OH excluding ortho intramolecular Hbond substituents is 1. The lowest BCUT2D eigenvalue weighted by Crippen LogP contribution is -2.70. The Kier molecular flexibility index (Phi) is 6.17. The van der Waals surface area contributed by atoms with Crippen molar-refractivity contribution in [1.82, 2.24) is 4.90 Å². The van der Waals surface area contributed by atoms with Gasteiger partial charge in [-0.1, -0.05) is 12.1 Å². The summed E-state index contributed by atoms with van der Waals surface area (Å²) >= 11 is 0. The van der Waals surface area contributed by atoms with Crippen LogP contribution in [-0.2, 0) is 14.4 Å². The number of hydrogen-bond donors (Lipinski definition) is 6. The van der Waals surface area contributed by atoms with E-state index >= 15 is 0 Å². The maximum absolute atomic E-state index is 14.8. The number of amides is 1. The molecule has 1 amide bonds. The van der Waals surface area contributed by atoms with Gasteiger partial charge in [-0.25, -0.2) is 8.78 Å². The molecule has 40 heavy (non-hydrogen) atoms. The van der Waals surface area contributed by atoms with Crippen LogP contribution in [0.1, 0.15) is 16.7 Å². The van der Waals surface area contributed by atoms with Crippen molar-refractivity contribution < 1.29 is 48.7 Å². The first-order valence-electron chi connectivity index (χ1n) is 12.0. The summed E-state index contributed by atoms with van der Waals surface area (Å²) in [6.07, 6.45) is -0.733. The first kappa shape index (κ1) is 27.2. The average Bonchev–Trinajstić information content (AvgIpc) is 2.86. The molecule has 0 aliphatic heterocycles. The topological polar surface area (TPSA) is 182 Å². The second-order valence-electron chi connectivity index (χ2n) is 10.2. The number of aliphatic hydroxyl groups excluding tert-OH is 3. The zero-order chi connectivity index (χ0) is 29.4. The van der Waals surface area contributed by atoms with Crippen LogP contribution in [0.4, 0.5) is 8.78 Å². The third-order valence-corrected chi connectivity index (χ3v) is 7.80. The Morgan fingerprint density at radius 2 is 1.77 bits per heavy atom. The summed E-state index contributed by atoms with van der Waals surface area (Å²) < 4.78 is 28.4. The van der Waals surface area contributed by atoms with E-state index in [0.29, 0.717) is 6.07 Å². The first-order chi connectivity index (χ1) is 18.7. The average molecular weight is 555 g/mol. The molecule has 0 radical (unpaired) electrons. The number of nitrogens with zero attached hydrogens (tertiary/aromatic N) is 1. The molecule has 3 aliphatic rings. The molecule has 0 saturated heterocycles. The Morgan fingerprint density at radius 3 is 2.38 bits per heavy atom. The normalized spacial score (nSPS) is 29.0. The second kappa shape index (κ2) is 9.08. The summed E-state index contributed by atoms with van der Waals surface area (Å²) in [5.74, 6) is -11.8. The maximum atomic E-state index is 14.8. The number of phenols is 1. The van der Waals surface area contributed by atoms with Crippen molar-refractivity contribution in [1.29, 1.82) is 0 Å². The van der Waals surface area contributed by atoms with E-state index in [1.165, 1.54) is 43.3 Å². The summed E-state index contributed by atoms with van der Waals surface area (Å²) in [7, 11) is 2.76. The lowest BCUT2D eigenvalue weighted by atomic mass is 9.55. The summed E-state index contributed by atoms with van der Waals surface area (Å²) in [5.41, 5.74) is 0.0915. The van der Waals surface area contributed by atoms with Gasteiger partial charge in [0.1, 0.15) is 34.5 Å². The molecule has 2 aromatic carbocycles. The Bertz CT molecular complexity index is 1610. The second-order valence-corrected chi connectivity index (χ2v) is 10.2. The van der Waals surface area contributed by atoms with Crippen molar-refractivity contribution in [3.05, 3.63) is 81.6 Å². The van der Waals surface area contributed by atoms with Crippen LogP contribution in [0, 0.1) is 23.5 Å². The minimum absolute atomic E-state index is 0.0127. The van der Waals surface area contributed by atoms with E-state index in [1.807, 2.05) is 0 Å². The van der Waals surface area contributed by atoms with Gasteiger partial charge in [0.25, 0.3) is 5.91 Å². The highest BCUT2D eigenvalue weighted by molar-refractivity contribution is 6.25. The quantitative estimate of drug-likeness (QED) is 0.304. The summed E-state index contributed by atoms with van der Waals surface area (Å²) in [4.78, 5) is 40.7. The van der Waals surface area contributed by atoms with Gasteiger partial charge in [-0.05, 0) is 49.5 Å². The highest BCUT2D eigenvalue weighted by Gasteiger charge is 2.68. The molecular weight excluding hydrogens is 530 g/mol. The van der Waals surface area contributed by atoms with Gasteiger partial charge in [0.2, 0.25) is 5.78 Å². The van der Waals surface area contributed by atoms with Crippen molar-refractivity contribution in [3.8, 4) is 5.75 Å². The Balaban J connectivity index is 1.87. The van der Waals surface area contributed by atoms with E-state index in [-0.39, 0.29) is 22.3 Å². The van der Waals surface area contributed by atoms with E-state index in [1.54, 1.807) is 0 Å². The number of primary amides is 1. The largest absolute Gasteiger partial charge is 0.508 e. The highest BCUT2D eigenvalue weighted by Crippen LogP contribution is 2.56. The Morgan fingerprint density at radius 1 is 1.10 bits per heavy atom. The van der Waals surface area contributed by atoms with Gasteiger partial charge in [0, 0.05) is 17.5 Å². The predicted molar refractivity (Wildman–Crippen MR) is 136 cm³/mol. The molecule has 10 nitrogen and oxygen atoms in total. The molecule has 208 valence electrons. The number of hydrogen-bond acceptors (Lipinski definition) is 9. The monoisotopic (exact) mass is 554 g/mol. The number of rotatable bonds is 3. The number of fused-ring (bicyclic) bond motifs is 3. The summed E-state index contributed by atoms with van der Waals surface area (Å²) in [6, 6.07) is 5.15. The third-order valence-electron chi connectivity index (χ3n) is 7.80. The number of likely N-dealkylation sites (N-methyl/N-ethyl adjacent to an activating group) is 1. The molecule has 0 bridgehead atoms. The predicted octanol–water partition coefficient (Wildman–Crippen LogP) is 1.21. The number of Topliss-reactive ketones (excluding diaryl/α,β-unsaturated/α-hetero) is 2. The van der Waals surface area contributed by atoms with Gasteiger partial charge in [-0.15, -0.1) is 0 Å². The van der Waals surface area contributed by atoms with Crippen LogP contribution in [0.5, 0.6) is 5.75 Å². The fourth-order valence-corrected chi connectivity index (χ4v) is 6.10. The number of carbonyl (C=O) groups excluding carboxylic acids is 3. The molecule has 7 N–H and O–H groups in total. The third kappa shape index (κ3) is 3.53. The van der Waals surface area contributed by atoms with Crippen LogP contribution in [0.25, 0.3) is 17.4 Å². The summed E-state index contributed by atoms with van der Waals surface area (Å²) in [6.45, 7) is 0. The molecule has 5 atom stereocenters. The van der Waals surface area contributed by atoms with Gasteiger partial charge >= 0.3 is 0 Å². The van der Waals surface area contributed by atoms with Crippen molar-refractivity contribution in [2.75, 3.05) is 14.1 Å². The molecule has 1 fully saturated rings. The van der Waals surface area contributed by atoms with Gasteiger partial charge in [0.15, 0.2) is 11.4 Å². The summed E-state index contributed by atoms with van der Waals surface area (Å²) in [5, 5.41) is 56.3. The van der Waals surface area contributed by atoms with Crippen molar-refractivity contribution in [2.24, 2.45) is 17.6 Å². The van der Waals surface area contributed by atoms with Crippen LogP contribution < -0.4 is 5.73 Å². The van der Waals surface area contributed by atoms with E-state index in [9.17, 15) is 48.7 Å².